The second-order valence-corrected chi connectivity index (χ2v) is 8.20. The molecule has 2 heterocycles. The number of allylic oxidation sites excluding steroid dienone is 1. The van der Waals surface area contributed by atoms with Crippen molar-refractivity contribution in [1.82, 2.24) is 9.97 Å². The summed E-state index contributed by atoms with van der Waals surface area (Å²) in [6, 6.07) is 3.40. The van der Waals surface area contributed by atoms with Crippen LogP contribution in [0.2, 0.25) is 0 Å². The molecule has 0 bridgehead atoms. The van der Waals surface area contributed by atoms with Gasteiger partial charge in [-0.05, 0) is 30.9 Å². The van der Waals surface area contributed by atoms with Crippen LogP contribution < -0.4 is 5.32 Å². The molecule has 8 heteroatoms. The van der Waals surface area contributed by atoms with Gasteiger partial charge in [0.1, 0.15) is 5.03 Å². The van der Waals surface area contributed by atoms with Gasteiger partial charge >= 0.3 is 0 Å². The Morgan fingerprint density at radius 3 is 2.64 bits per heavy atom. The number of pyridine rings is 1. The SMILES string of the molecule is CS(=O)c1ccc(/C(=C\C2CCCC2)C(=O)Nc2ncc(F)s2)cn1. The van der Waals surface area contributed by atoms with Crippen molar-refractivity contribution in [3.05, 3.63) is 41.3 Å². The highest BCUT2D eigenvalue weighted by Crippen LogP contribution is 2.30. The van der Waals surface area contributed by atoms with Crippen LogP contribution in [0.3, 0.4) is 0 Å². The second kappa shape index (κ2) is 7.97. The minimum absolute atomic E-state index is 0.221. The molecule has 1 fully saturated rings. The first kappa shape index (κ1) is 17.9. The lowest BCUT2D eigenvalue weighted by Crippen LogP contribution is -2.14. The van der Waals surface area contributed by atoms with Crippen LogP contribution >= 0.6 is 11.3 Å². The zero-order valence-corrected chi connectivity index (χ0v) is 15.3. The van der Waals surface area contributed by atoms with Crippen LogP contribution in [-0.2, 0) is 15.6 Å². The molecule has 2 aromatic rings. The molecule has 1 aliphatic carbocycles. The summed E-state index contributed by atoms with van der Waals surface area (Å²) in [6.07, 6.45) is 10.6. The number of thiazole rings is 1. The summed E-state index contributed by atoms with van der Waals surface area (Å²) in [4.78, 5) is 20.7. The van der Waals surface area contributed by atoms with E-state index in [4.69, 9.17) is 0 Å². The fourth-order valence-electron chi connectivity index (χ4n) is 2.85. The molecule has 25 heavy (non-hydrogen) atoms. The average Bonchev–Trinajstić information content (AvgIpc) is 3.24. The van der Waals surface area contributed by atoms with E-state index in [-0.39, 0.29) is 11.0 Å². The smallest absolute Gasteiger partial charge is 0.257 e. The van der Waals surface area contributed by atoms with Gasteiger partial charge in [0.05, 0.1) is 17.0 Å². The van der Waals surface area contributed by atoms with Crippen molar-refractivity contribution in [3.63, 3.8) is 0 Å². The molecule has 2 aromatic heterocycles. The summed E-state index contributed by atoms with van der Waals surface area (Å²) in [5, 5.41) is 2.88. The Hall–Kier alpha value is -1.93. The minimum Gasteiger partial charge on any atom is -0.298 e. The standard InChI is InChI=1S/C17H18FN3O2S2/c1-25(23)15-7-6-12(9-19-15)13(8-11-4-2-3-5-11)16(22)21-17-20-10-14(18)24-17/h6-11H,2-5H2,1H3,(H,20,21,22)/b13-8+. The zero-order chi connectivity index (χ0) is 17.8. The van der Waals surface area contributed by atoms with E-state index in [1.54, 1.807) is 24.6 Å². The summed E-state index contributed by atoms with van der Waals surface area (Å²) in [5.74, 6) is 0.00202. The maximum Gasteiger partial charge on any atom is 0.257 e. The predicted octanol–water partition coefficient (Wildman–Crippen LogP) is 3.63. The number of hydrogen-bond acceptors (Lipinski definition) is 5. The first-order chi connectivity index (χ1) is 12.0. The molecule has 3 rings (SSSR count). The quantitative estimate of drug-likeness (QED) is 0.806. The number of halogens is 1. The van der Waals surface area contributed by atoms with E-state index in [1.165, 1.54) is 0 Å². The number of nitrogens with one attached hydrogen (secondary N) is 1. The van der Waals surface area contributed by atoms with Gasteiger partial charge in [-0.3, -0.25) is 14.3 Å². The van der Waals surface area contributed by atoms with E-state index in [2.05, 4.69) is 15.3 Å². The van der Waals surface area contributed by atoms with Crippen molar-refractivity contribution < 1.29 is 13.4 Å². The van der Waals surface area contributed by atoms with E-state index in [0.717, 1.165) is 43.2 Å². The molecule has 1 saturated carbocycles. The lowest BCUT2D eigenvalue weighted by molar-refractivity contribution is -0.111. The predicted molar refractivity (Wildman–Crippen MR) is 97.2 cm³/mol. The molecule has 132 valence electrons. The molecule has 1 amide bonds. The van der Waals surface area contributed by atoms with Gasteiger partial charge < -0.3 is 0 Å². The first-order valence-corrected chi connectivity index (χ1v) is 10.3. The monoisotopic (exact) mass is 379 g/mol. The number of amides is 1. The number of carbonyl (C=O) groups is 1. The molecule has 1 N–H and O–H groups in total. The Labute approximate surface area is 151 Å². The summed E-state index contributed by atoms with van der Waals surface area (Å²) in [5.41, 5.74) is 1.14. The average molecular weight is 379 g/mol. The zero-order valence-electron chi connectivity index (χ0n) is 13.7. The lowest BCUT2D eigenvalue weighted by atomic mass is 9.99. The van der Waals surface area contributed by atoms with Crippen molar-refractivity contribution >= 4 is 38.7 Å². The number of hydrogen-bond donors (Lipinski definition) is 1. The van der Waals surface area contributed by atoms with Gasteiger partial charge in [0.25, 0.3) is 5.91 Å². The Morgan fingerprint density at radius 2 is 2.08 bits per heavy atom. The number of aromatic nitrogens is 2. The van der Waals surface area contributed by atoms with Crippen LogP contribution in [0.4, 0.5) is 9.52 Å². The molecule has 1 aliphatic rings. The van der Waals surface area contributed by atoms with Crippen molar-refractivity contribution in [1.29, 1.82) is 0 Å². The first-order valence-electron chi connectivity index (χ1n) is 7.97. The summed E-state index contributed by atoms with van der Waals surface area (Å²) >= 11 is 0.785. The molecule has 5 nitrogen and oxygen atoms in total. The summed E-state index contributed by atoms with van der Waals surface area (Å²) in [7, 11) is -1.17. The molecule has 0 saturated heterocycles. The van der Waals surface area contributed by atoms with Gasteiger partial charge in [-0.2, -0.15) is 4.39 Å². The van der Waals surface area contributed by atoms with Crippen LogP contribution in [0.5, 0.6) is 0 Å². The van der Waals surface area contributed by atoms with Gasteiger partial charge in [0.2, 0.25) is 0 Å². The van der Waals surface area contributed by atoms with E-state index in [1.807, 2.05) is 6.08 Å². The van der Waals surface area contributed by atoms with E-state index < -0.39 is 15.9 Å². The highest BCUT2D eigenvalue weighted by atomic mass is 32.2. The van der Waals surface area contributed by atoms with Crippen LogP contribution in [0.1, 0.15) is 31.2 Å². The highest BCUT2D eigenvalue weighted by Gasteiger charge is 2.20. The number of nitrogens with zero attached hydrogens (tertiary/aromatic N) is 2. The normalized spacial score (nSPS) is 16.8. The van der Waals surface area contributed by atoms with E-state index in [9.17, 15) is 13.4 Å². The van der Waals surface area contributed by atoms with Crippen molar-refractivity contribution in [2.24, 2.45) is 5.92 Å². The van der Waals surface area contributed by atoms with Gasteiger partial charge in [-0.1, -0.05) is 30.3 Å². The third-order valence-electron chi connectivity index (χ3n) is 4.09. The fourth-order valence-corrected chi connectivity index (χ4v) is 3.85. The number of anilines is 1. The van der Waals surface area contributed by atoms with E-state index >= 15 is 0 Å². The van der Waals surface area contributed by atoms with E-state index in [0.29, 0.717) is 22.1 Å². The maximum absolute atomic E-state index is 13.1. The van der Waals surface area contributed by atoms with Crippen molar-refractivity contribution in [2.45, 2.75) is 30.7 Å². The molecular formula is C17H18FN3O2S2. The lowest BCUT2D eigenvalue weighted by Gasteiger charge is -2.11. The van der Waals surface area contributed by atoms with Gasteiger partial charge in [-0.25, -0.2) is 9.97 Å². The topological polar surface area (TPSA) is 72.0 Å². The maximum atomic E-state index is 13.1. The largest absolute Gasteiger partial charge is 0.298 e. The molecule has 1 atom stereocenters. The summed E-state index contributed by atoms with van der Waals surface area (Å²) < 4.78 is 24.6. The van der Waals surface area contributed by atoms with Crippen molar-refractivity contribution in [2.75, 3.05) is 11.6 Å². The molecule has 1 unspecified atom stereocenters. The summed E-state index contributed by atoms with van der Waals surface area (Å²) in [6.45, 7) is 0. The Bertz CT molecular complexity index is 812. The van der Waals surface area contributed by atoms with Gasteiger partial charge in [0.15, 0.2) is 10.3 Å². The number of rotatable bonds is 5. The Balaban J connectivity index is 1.88. The molecular weight excluding hydrogens is 361 g/mol. The van der Waals surface area contributed by atoms with Crippen molar-refractivity contribution in [3.8, 4) is 0 Å². The van der Waals surface area contributed by atoms with Crippen LogP contribution in [-0.4, -0.2) is 26.3 Å². The Morgan fingerprint density at radius 1 is 1.32 bits per heavy atom. The Kier molecular flexibility index (Phi) is 5.70. The molecule has 0 spiro atoms. The highest BCUT2D eigenvalue weighted by molar-refractivity contribution is 7.84. The molecule has 0 aromatic carbocycles. The van der Waals surface area contributed by atoms with Gasteiger partial charge in [0, 0.05) is 23.6 Å². The molecule has 0 radical (unpaired) electrons. The molecule has 0 aliphatic heterocycles. The van der Waals surface area contributed by atoms with Gasteiger partial charge in [-0.15, -0.1) is 0 Å². The third kappa shape index (κ3) is 4.58. The second-order valence-electron chi connectivity index (χ2n) is 5.89. The number of carbonyl (C=O) groups excluding carboxylic acids is 1. The minimum atomic E-state index is -1.17. The fraction of sp³-hybridized carbons (Fsp3) is 0.353. The van der Waals surface area contributed by atoms with Crippen LogP contribution in [0.25, 0.3) is 5.57 Å². The van der Waals surface area contributed by atoms with Crippen LogP contribution in [0, 0.1) is 11.0 Å². The van der Waals surface area contributed by atoms with Crippen LogP contribution in [0.15, 0.2) is 35.6 Å². The third-order valence-corrected chi connectivity index (χ3v) is 5.62.